The van der Waals surface area contributed by atoms with Gasteiger partial charge in [-0.2, -0.15) is 0 Å². The van der Waals surface area contributed by atoms with Gasteiger partial charge in [-0.3, -0.25) is 9.59 Å². The first-order valence-corrected chi connectivity index (χ1v) is 12.0. The summed E-state index contributed by atoms with van der Waals surface area (Å²) in [6, 6.07) is 9.70. The number of benzene rings is 2. The maximum atomic E-state index is 13.2. The van der Waals surface area contributed by atoms with E-state index in [1.165, 1.54) is 12.0 Å². The highest BCUT2D eigenvalue weighted by Crippen LogP contribution is 2.42. The minimum absolute atomic E-state index is 0.0187. The van der Waals surface area contributed by atoms with Gasteiger partial charge in [0.2, 0.25) is 0 Å². The first-order valence-electron chi connectivity index (χ1n) is 12.0. The average Bonchev–Trinajstić information content (AvgIpc) is 3.37. The Bertz CT molecular complexity index is 1200. The number of amides is 1. The van der Waals surface area contributed by atoms with Crippen molar-refractivity contribution in [3.63, 3.8) is 0 Å². The number of methoxy groups -OCH3 is 1. The van der Waals surface area contributed by atoms with E-state index in [0.29, 0.717) is 42.3 Å². The average molecular weight is 494 g/mol. The fourth-order valence-corrected chi connectivity index (χ4v) is 4.60. The van der Waals surface area contributed by atoms with Crippen LogP contribution in [0, 0.1) is 0 Å². The lowest BCUT2D eigenvalue weighted by atomic mass is 9.94. The van der Waals surface area contributed by atoms with Crippen LogP contribution in [0.5, 0.6) is 17.2 Å². The number of fused-ring (bicyclic) bond motifs is 1. The van der Waals surface area contributed by atoms with Gasteiger partial charge in [0.15, 0.2) is 11.5 Å². The van der Waals surface area contributed by atoms with Crippen LogP contribution in [-0.2, 0) is 20.7 Å². The molecule has 2 aliphatic rings. The van der Waals surface area contributed by atoms with Crippen LogP contribution in [0.15, 0.2) is 54.6 Å². The second kappa shape index (κ2) is 10.9. The molecule has 36 heavy (non-hydrogen) atoms. The number of ketones is 1. The molecule has 0 aliphatic carbocycles. The second-order valence-corrected chi connectivity index (χ2v) is 8.68. The Hall–Kier alpha value is -3.78. The molecule has 8 nitrogen and oxygen atoms in total. The van der Waals surface area contributed by atoms with Crippen LogP contribution in [0.1, 0.15) is 36.6 Å². The Morgan fingerprint density at radius 1 is 1.19 bits per heavy atom. The molecule has 1 fully saturated rings. The Balaban J connectivity index is 1.83. The summed E-state index contributed by atoms with van der Waals surface area (Å²) in [5.41, 5.74) is 2.03. The molecule has 8 heteroatoms. The lowest BCUT2D eigenvalue weighted by Crippen LogP contribution is -2.32. The number of aliphatic hydroxyl groups excluding tert-OH is 1. The number of ether oxygens (including phenoxy) is 4. The second-order valence-electron chi connectivity index (χ2n) is 8.68. The van der Waals surface area contributed by atoms with Crippen molar-refractivity contribution < 1.29 is 33.6 Å². The quantitative estimate of drug-likeness (QED) is 0.231. The number of hydrogen-bond acceptors (Lipinski definition) is 7. The molecule has 0 unspecified atom stereocenters. The molecule has 0 aromatic heterocycles. The summed E-state index contributed by atoms with van der Waals surface area (Å²) in [5, 5.41) is 11.4. The SMILES string of the molecule is C=CCOc1ccc([C@H]2/C(=C(\O)c3ccc4c(c3)C[C@H](C)O4)C(=O)C(=O)N2CCOC)cc1OCC. The van der Waals surface area contributed by atoms with Gasteiger partial charge in [-0.25, -0.2) is 0 Å². The van der Waals surface area contributed by atoms with Gasteiger partial charge in [0.25, 0.3) is 11.7 Å². The molecule has 190 valence electrons. The summed E-state index contributed by atoms with van der Waals surface area (Å²) in [5.74, 6) is 0.0726. The molecule has 1 N–H and O–H groups in total. The zero-order chi connectivity index (χ0) is 25.8. The lowest BCUT2D eigenvalue weighted by Gasteiger charge is -2.26. The summed E-state index contributed by atoms with van der Waals surface area (Å²) in [4.78, 5) is 27.7. The third-order valence-electron chi connectivity index (χ3n) is 6.19. The van der Waals surface area contributed by atoms with Crippen LogP contribution in [0.4, 0.5) is 0 Å². The highest BCUT2D eigenvalue weighted by Gasteiger charge is 2.46. The third kappa shape index (κ3) is 4.81. The summed E-state index contributed by atoms with van der Waals surface area (Å²) in [6.45, 7) is 8.60. The van der Waals surface area contributed by atoms with Crippen LogP contribution in [0.25, 0.3) is 5.76 Å². The van der Waals surface area contributed by atoms with Crippen molar-refractivity contribution in [3.8, 4) is 17.2 Å². The molecule has 2 aromatic rings. The summed E-state index contributed by atoms with van der Waals surface area (Å²) in [6.07, 6.45) is 2.37. The molecular weight excluding hydrogens is 462 g/mol. The molecule has 2 atom stereocenters. The van der Waals surface area contributed by atoms with Gasteiger partial charge in [0.05, 0.1) is 24.8 Å². The predicted octanol–water partition coefficient (Wildman–Crippen LogP) is 4.04. The number of carbonyl (C=O) groups excluding carboxylic acids is 2. The maximum absolute atomic E-state index is 13.2. The molecule has 4 rings (SSSR count). The largest absolute Gasteiger partial charge is 0.507 e. The van der Waals surface area contributed by atoms with E-state index in [4.69, 9.17) is 18.9 Å². The van der Waals surface area contributed by atoms with Crippen LogP contribution in [-0.4, -0.2) is 61.3 Å². The molecule has 0 saturated carbocycles. The van der Waals surface area contributed by atoms with Crippen LogP contribution < -0.4 is 14.2 Å². The molecule has 0 radical (unpaired) electrons. The number of likely N-dealkylation sites (tertiary alicyclic amines) is 1. The number of hydrogen-bond donors (Lipinski definition) is 1. The van der Waals surface area contributed by atoms with Crippen LogP contribution in [0.2, 0.25) is 0 Å². The smallest absolute Gasteiger partial charge is 0.295 e. The molecule has 2 heterocycles. The van der Waals surface area contributed by atoms with Gasteiger partial charge in [0, 0.05) is 25.6 Å². The van der Waals surface area contributed by atoms with E-state index >= 15 is 0 Å². The Labute approximate surface area is 210 Å². The van der Waals surface area contributed by atoms with Crippen molar-refractivity contribution in [2.75, 3.05) is 33.5 Å². The van der Waals surface area contributed by atoms with Crippen molar-refractivity contribution in [2.24, 2.45) is 0 Å². The van der Waals surface area contributed by atoms with E-state index in [9.17, 15) is 14.7 Å². The van der Waals surface area contributed by atoms with E-state index in [1.54, 1.807) is 36.4 Å². The molecular formula is C28H31NO7. The Morgan fingerprint density at radius 3 is 2.72 bits per heavy atom. The normalized spacial score (nSPS) is 20.2. The van der Waals surface area contributed by atoms with Gasteiger partial charge in [-0.1, -0.05) is 18.7 Å². The number of aliphatic hydroxyl groups is 1. The van der Waals surface area contributed by atoms with Gasteiger partial charge >= 0.3 is 0 Å². The van der Waals surface area contributed by atoms with Gasteiger partial charge in [0.1, 0.15) is 24.2 Å². The standard InChI is InChI=1S/C28H31NO7/c1-5-12-35-22-10-7-18(16-23(22)34-6-2)25-24(27(31)28(32)29(25)11-13-33-4)26(30)19-8-9-21-20(15-19)14-17(3)36-21/h5,7-10,15-17,25,30H,1,6,11-14H2,2-4H3/b26-24+/t17-,25-/m0/s1. The van der Waals surface area contributed by atoms with Gasteiger partial charge in [-0.15, -0.1) is 0 Å². The number of nitrogens with zero attached hydrogens (tertiary/aromatic N) is 1. The number of rotatable bonds is 10. The zero-order valence-corrected chi connectivity index (χ0v) is 20.8. The zero-order valence-electron chi connectivity index (χ0n) is 20.8. The van der Waals surface area contributed by atoms with E-state index in [-0.39, 0.29) is 30.6 Å². The molecule has 2 aliphatic heterocycles. The van der Waals surface area contributed by atoms with Crippen molar-refractivity contribution in [1.82, 2.24) is 4.90 Å². The van der Waals surface area contributed by atoms with E-state index in [0.717, 1.165) is 11.3 Å². The van der Waals surface area contributed by atoms with E-state index in [2.05, 4.69) is 6.58 Å². The topological polar surface area (TPSA) is 94.5 Å². The fraction of sp³-hybridized carbons (Fsp3) is 0.357. The minimum Gasteiger partial charge on any atom is -0.507 e. The van der Waals surface area contributed by atoms with E-state index in [1.807, 2.05) is 19.9 Å². The highest BCUT2D eigenvalue weighted by molar-refractivity contribution is 6.46. The molecule has 1 amide bonds. The van der Waals surface area contributed by atoms with Gasteiger partial charge < -0.3 is 29.0 Å². The Morgan fingerprint density at radius 2 is 2.00 bits per heavy atom. The summed E-state index contributed by atoms with van der Waals surface area (Å²) >= 11 is 0. The lowest BCUT2D eigenvalue weighted by molar-refractivity contribution is -0.140. The number of Topliss-reactive ketones (excluding diaryl/α,β-unsaturated/α-hetero) is 1. The highest BCUT2D eigenvalue weighted by atomic mass is 16.5. The van der Waals surface area contributed by atoms with Crippen molar-refractivity contribution in [2.45, 2.75) is 32.4 Å². The fourth-order valence-electron chi connectivity index (χ4n) is 4.60. The third-order valence-corrected chi connectivity index (χ3v) is 6.19. The monoisotopic (exact) mass is 493 g/mol. The van der Waals surface area contributed by atoms with Crippen molar-refractivity contribution in [3.05, 3.63) is 71.3 Å². The molecule has 2 aromatic carbocycles. The first kappa shape index (κ1) is 25.3. The van der Waals surface area contributed by atoms with E-state index < -0.39 is 17.7 Å². The minimum atomic E-state index is -0.823. The summed E-state index contributed by atoms with van der Waals surface area (Å²) in [7, 11) is 1.53. The number of carbonyl (C=O) groups is 2. The maximum Gasteiger partial charge on any atom is 0.295 e. The van der Waals surface area contributed by atoms with Crippen LogP contribution >= 0.6 is 0 Å². The van der Waals surface area contributed by atoms with Crippen LogP contribution in [0.3, 0.4) is 0 Å². The summed E-state index contributed by atoms with van der Waals surface area (Å²) < 4.78 is 22.4. The Kier molecular flexibility index (Phi) is 7.64. The van der Waals surface area contributed by atoms with Crippen molar-refractivity contribution >= 4 is 17.4 Å². The molecule has 1 saturated heterocycles. The molecule has 0 bridgehead atoms. The van der Waals surface area contributed by atoms with Crippen molar-refractivity contribution in [1.29, 1.82) is 0 Å². The van der Waals surface area contributed by atoms with Gasteiger partial charge in [-0.05, 0) is 55.3 Å². The first-order chi connectivity index (χ1) is 17.4. The molecule has 0 spiro atoms. The predicted molar refractivity (Wildman–Crippen MR) is 134 cm³/mol.